The molecule has 3 N–H and O–H groups in total. The topological polar surface area (TPSA) is 68.8 Å². The Kier molecular flexibility index (Phi) is 12.1. The van der Waals surface area contributed by atoms with Gasteiger partial charge in [0, 0.05) is 13.6 Å². The second kappa shape index (κ2) is 13.9. The number of hydrogen-bond acceptors (Lipinski definition) is 3. The number of carbonyl (C=O) groups is 1. The van der Waals surface area contributed by atoms with Crippen LogP contribution in [-0.2, 0) is 4.79 Å². The van der Waals surface area contributed by atoms with Crippen molar-refractivity contribution in [3.8, 4) is 0 Å². The molecule has 0 aliphatic rings. The molecule has 10 heteroatoms. The number of nitrogens with one attached hydrogen (secondary N) is 3. The average Bonchev–Trinajstić information content (AvgIpc) is 2.79. The van der Waals surface area contributed by atoms with Crippen LogP contribution in [0.5, 0.6) is 0 Å². The van der Waals surface area contributed by atoms with Crippen molar-refractivity contribution in [1.82, 2.24) is 15.5 Å². The third-order valence-corrected chi connectivity index (χ3v) is 4.85. The van der Waals surface area contributed by atoms with Crippen molar-refractivity contribution in [2.24, 2.45) is 4.99 Å². The standard InChI is InChI=1S/C22H28F3N5O.HI/c1-4-30(5-2)18(15-9-7-6-8-10-15)13-27-22(26-3)28-14-19(31)29-17-12-11-16(23)20(24)21(17)25;/h6-12,18H,4-5,13-14H2,1-3H3,(H,29,31)(H2,26,27,28);1H. The van der Waals surface area contributed by atoms with Gasteiger partial charge in [-0.05, 0) is 30.8 Å². The predicted octanol–water partition coefficient (Wildman–Crippen LogP) is 3.91. The van der Waals surface area contributed by atoms with Gasteiger partial charge in [0.25, 0.3) is 0 Å². The van der Waals surface area contributed by atoms with Gasteiger partial charge in [0.2, 0.25) is 5.91 Å². The number of halogens is 4. The minimum Gasteiger partial charge on any atom is -0.354 e. The maximum atomic E-state index is 13.7. The number of carbonyl (C=O) groups excluding carboxylic acids is 1. The molecule has 1 amide bonds. The van der Waals surface area contributed by atoms with E-state index >= 15 is 0 Å². The van der Waals surface area contributed by atoms with E-state index in [1.54, 1.807) is 7.05 Å². The molecule has 0 radical (unpaired) electrons. The quantitative estimate of drug-likeness (QED) is 0.188. The molecule has 0 bridgehead atoms. The molecule has 176 valence electrons. The summed E-state index contributed by atoms with van der Waals surface area (Å²) >= 11 is 0. The van der Waals surface area contributed by atoms with Crippen molar-refractivity contribution < 1.29 is 18.0 Å². The molecule has 0 saturated carbocycles. The van der Waals surface area contributed by atoms with Gasteiger partial charge in [-0.1, -0.05) is 44.2 Å². The lowest BCUT2D eigenvalue weighted by Gasteiger charge is -2.30. The summed E-state index contributed by atoms with van der Waals surface area (Å²) < 4.78 is 40.0. The molecule has 0 aliphatic carbocycles. The highest BCUT2D eigenvalue weighted by molar-refractivity contribution is 14.0. The van der Waals surface area contributed by atoms with E-state index < -0.39 is 29.0 Å². The first kappa shape index (κ1) is 27.7. The Balaban J connectivity index is 0.00000512. The Labute approximate surface area is 203 Å². The number of rotatable bonds is 9. The Morgan fingerprint density at radius 2 is 1.66 bits per heavy atom. The number of benzene rings is 2. The normalized spacial score (nSPS) is 12.2. The maximum absolute atomic E-state index is 13.7. The van der Waals surface area contributed by atoms with Crippen LogP contribution < -0.4 is 16.0 Å². The van der Waals surface area contributed by atoms with Crippen LogP contribution in [0.3, 0.4) is 0 Å². The highest BCUT2D eigenvalue weighted by Gasteiger charge is 2.19. The summed E-state index contributed by atoms with van der Waals surface area (Å²) in [6.45, 7) is 6.23. The highest BCUT2D eigenvalue weighted by Crippen LogP contribution is 2.20. The van der Waals surface area contributed by atoms with Crippen molar-refractivity contribution >= 4 is 41.5 Å². The van der Waals surface area contributed by atoms with E-state index in [-0.39, 0.29) is 36.6 Å². The summed E-state index contributed by atoms with van der Waals surface area (Å²) in [7, 11) is 1.57. The molecule has 0 spiro atoms. The third kappa shape index (κ3) is 7.66. The molecule has 0 heterocycles. The Morgan fingerprint density at radius 1 is 1.00 bits per heavy atom. The molecule has 0 fully saturated rings. The Bertz CT molecular complexity index is 895. The molecule has 2 rings (SSSR count). The van der Waals surface area contributed by atoms with Crippen LogP contribution in [0.4, 0.5) is 18.9 Å². The number of hydrogen-bond donors (Lipinski definition) is 3. The fourth-order valence-corrected chi connectivity index (χ4v) is 3.19. The molecule has 32 heavy (non-hydrogen) atoms. The van der Waals surface area contributed by atoms with E-state index in [4.69, 9.17) is 0 Å². The molecule has 0 aliphatic heterocycles. The predicted molar refractivity (Wildman–Crippen MR) is 132 cm³/mol. The van der Waals surface area contributed by atoms with Crippen LogP contribution in [0.15, 0.2) is 47.5 Å². The lowest BCUT2D eigenvalue weighted by atomic mass is 10.1. The Morgan fingerprint density at radius 3 is 2.25 bits per heavy atom. The van der Waals surface area contributed by atoms with Crippen LogP contribution in [-0.4, -0.2) is 50.0 Å². The first-order chi connectivity index (χ1) is 14.9. The zero-order valence-corrected chi connectivity index (χ0v) is 20.6. The van der Waals surface area contributed by atoms with Gasteiger partial charge < -0.3 is 16.0 Å². The largest absolute Gasteiger partial charge is 0.354 e. The van der Waals surface area contributed by atoms with E-state index in [1.165, 1.54) is 0 Å². The lowest BCUT2D eigenvalue weighted by molar-refractivity contribution is -0.115. The van der Waals surface area contributed by atoms with E-state index in [0.717, 1.165) is 30.8 Å². The maximum Gasteiger partial charge on any atom is 0.243 e. The number of amides is 1. The fourth-order valence-electron chi connectivity index (χ4n) is 3.19. The monoisotopic (exact) mass is 563 g/mol. The van der Waals surface area contributed by atoms with Gasteiger partial charge in [0.05, 0.1) is 18.3 Å². The highest BCUT2D eigenvalue weighted by atomic mass is 127. The minimum absolute atomic E-state index is 0. The molecule has 0 aromatic heterocycles. The number of nitrogens with zero attached hydrogens (tertiary/aromatic N) is 2. The summed E-state index contributed by atoms with van der Waals surface area (Å²) in [5.41, 5.74) is 0.722. The molecule has 1 unspecified atom stereocenters. The average molecular weight is 563 g/mol. The van der Waals surface area contributed by atoms with Crippen molar-refractivity contribution in [2.75, 3.05) is 38.5 Å². The number of anilines is 1. The van der Waals surface area contributed by atoms with Crippen LogP contribution >= 0.6 is 24.0 Å². The summed E-state index contributed by atoms with van der Waals surface area (Å²) in [4.78, 5) is 18.5. The van der Waals surface area contributed by atoms with Gasteiger partial charge >= 0.3 is 0 Å². The fraction of sp³-hybridized carbons (Fsp3) is 0.364. The van der Waals surface area contributed by atoms with Crippen molar-refractivity contribution in [2.45, 2.75) is 19.9 Å². The Hall–Kier alpha value is -2.34. The number of aliphatic imine (C=N–C) groups is 1. The van der Waals surface area contributed by atoms with Gasteiger partial charge in [-0.15, -0.1) is 24.0 Å². The summed E-state index contributed by atoms with van der Waals surface area (Å²) in [6, 6.07) is 11.9. The lowest BCUT2D eigenvalue weighted by Crippen LogP contribution is -2.45. The summed E-state index contributed by atoms with van der Waals surface area (Å²) in [5, 5.41) is 8.24. The molecule has 2 aromatic rings. The molecular weight excluding hydrogens is 534 g/mol. The minimum atomic E-state index is -1.63. The third-order valence-electron chi connectivity index (χ3n) is 4.85. The molecule has 2 aromatic carbocycles. The SMILES string of the molecule is CCN(CC)C(CNC(=NC)NCC(=O)Nc1ccc(F)c(F)c1F)c1ccccc1.I. The van der Waals surface area contributed by atoms with Crippen molar-refractivity contribution in [3.05, 3.63) is 65.5 Å². The van der Waals surface area contributed by atoms with E-state index in [1.807, 2.05) is 18.2 Å². The molecule has 6 nitrogen and oxygen atoms in total. The van der Waals surface area contributed by atoms with Crippen LogP contribution in [0.25, 0.3) is 0 Å². The van der Waals surface area contributed by atoms with Gasteiger partial charge in [-0.2, -0.15) is 0 Å². The summed E-state index contributed by atoms with van der Waals surface area (Å²) in [6.07, 6.45) is 0. The van der Waals surface area contributed by atoms with Gasteiger partial charge in [-0.25, -0.2) is 13.2 Å². The van der Waals surface area contributed by atoms with E-state index in [0.29, 0.717) is 12.5 Å². The second-order valence-electron chi connectivity index (χ2n) is 6.73. The van der Waals surface area contributed by atoms with Gasteiger partial charge in [0.15, 0.2) is 23.4 Å². The number of guanidine groups is 1. The van der Waals surface area contributed by atoms with Crippen LogP contribution in [0, 0.1) is 17.5 Å². The molecule has 0 saturated heterocycles. The first-order valence-corrected chi connectivity index (χ1v) is 10.1. The smallest absolute Gasteiger partial charge is 0.243 e. The van der Waals surface area contributed by atoms with Crippen LogP contribution in [0.1, 0.15) is 25.5 Å². The first-order valence-electron chi connectivity index (χ1n) is 10.1. The molecule has 1 atom stereocenters. The number of likely N-dealkylation sites (N-methyl/N-ethyl adjacent to an activating group) is 1. The van der Waals surface area contributed by atoms with Crippen molar-refractivity contribution in [3.63, 3.8) is 0 Å². The molecular formula is C22H29F3IN5O. The van der Waals surface area contributed by atoms with E-state index in [2.05, 4.69) is 51.8 Å². The van der Waals surface area contributed by atoms with Gasteiger partial charge in [-0.3, -0.25) is 14.7 Å². The van der Waals surface area contributed by atoms with Crippen molar-refractivity contribution in [1.29, 1.82) is 0 Å². The zero-order chi connectivity index (χ0) is 22.8. The van der Waals surface area contributed by atoms with Gasteiger partial charge in [0.1, 0.15) is 0 Å². The van der Waals surface area contributed by atoms with E-state index in [9.17, 15) is 18.0 Å². The second-order valence-corrected chi connectivity index (χ2v) is 6.73. The van der Waals surface area contributed by atoms with Crippen LogP contribution in [0.2, 0.25) is 0 Å². The summed E-state index contributed by atoms with van der Waals surface area (Å²) in [5.74, 6) is -4.64. The zero-order valence-electron chi connectivity index (χ0n) is 18.3.